The number of nitrogens with two attached hydrogens (primary N) is 1. The standard InChI is InChI=1S/C17H26FN3O2.2ClH/c1-13(19)5-6-17(22)20-12-16(21-7-9-23-10-8-21)14-3-2-4-15(18)11-14;;/h2-4,11,13,16H,5-10,12,19H2,1H3,(H,20,22);2*1H. The molecule has 0 saturated carbocycles. The van der Waals surface area contributed by atoms with Crippen molar-refractivity contribution < 1.29 is 13.9 Å². The number of morpholine rings is 1. The fraction of sp³-hybridized carbons (Fsp3) is 0.588. The average molecular weight is 396 g/mol. The Labute approximate surface area is 161 Å². The molecule has 0 aliphatic carbocycles. The number of nitrogens with one attached hydrogen (secondary N) is 1. The number of nitrogens with zero attached hydrogens (tertiary/aromatic N) is 1. The van der Waals surface area contributed by atoms with Crippen molar-refractivity contribution in [3.8, 4) is 0 Å². The lowest BCUT2D eigenvalue weighted by Crippen LogP contribution is -2.44. The zero-order valence-corrected chi connectivity index (χ0v) is 16.1. The highest BCUT2D eigenvalue weighted by atomic mass is 35.5. The molecule has 1 heterocycles. The van der Waals surface area contributed by atoms with Crippen LogP contribution < -0.4 is 11.1 Å². The van der Waals surface area contributed by atoms with Gasteiger partial charge < -0.3 is 15.8 Å². The number of halogens is 3. The third-order valence-electron chi connectivity index (χ3n) is 4.04. The first-order valence-corrected chi connectivity index (χ1v) is 8.16. The molecule has 5 nitrogen and oxygen atoms in total. The molecule has 1 amide bonds. The van der Waals surface area contributed by atoms with E-state index in [1.807, 2.05) is 13.0 Å². The van der Waals surface area contributed by atoms with Crippen molar-refractivity contribution in [3.05, 3.63) is 35.6 Å². The number of hydrogen-bond donors (Lipinski definition) is 2. The van der Waals surface area contributed by atoms with E-state index in [0.717, 1.165) is 18.7 Å². The number of rotatable bonds is 7. The molecule has 0 spiro atoms. The summed E-state index contributed by atoms with van der Waals surface area (Å²) in [4.78, 5) is 14.2. The van der Waals surface area contributed by atoms with Crippen LogP contribution in [0.3, 0.4) is 0 Å². The molecule has 1 saturated heterocycles. The Morgan fingerprint density at radius 3 is 2.64 bits per heavy atom. The second-order valence-corrected chi connectivity index (χ2v) is 6.04. The first-order valence-electron chi connectivity index (χ1n) is 8.16. The van der Waals surface area contributed by atoms with Gasteiger partial charge in [0.2, 0.25) is 5.91 Å². The lowest BCUT2D eigenvalue weighted by molar-refractivity contribution is -0.121. The molecule has 1 aromatic carbocycles. The summed E-state index contributed by atoms with van der Waals surface area (Å²) < 4.78 is 18.9. The van der Waals surface area contributed by atoms with E-state index in [4.69, 9.17) is 10.5 Å². The van der Waals surface area contributed by atoms with E-state index in [1.165, 1.54) is 12.1 Å². The average Bonchev–Trinajstić information content (AvgIpc) is 2.54. The normalized spacial score (nSPS) is 16.9. The van der Waals surface area contributed by atoms with Gasteiger partial charge in [-0.1, -0.05) is 12.1 Å². The smallest absolute Gasteiger partial charge is 0.220 e. The Bertz CT molecular complexity index is 514. The zero-order chi connectivity index (χ0) is 16.7. The van der Waals surface area contributed by atoms with Gasteiger partial charge in [0.15, 0.2) is 0 Å². The lowest BCUT2D eigenvalue weighted by Gasteiger charge is -2.35. The quantitative estimate of drug-likeness (QED) is 0.742. The van der Waals surface area contributed by atoms with Crippen molar-refractivity contribution in [2.45, 2.75) is 31.8 Å². The molecule has 3 N–H and O–H groups in total. The predicted octanol–water partition coefficient (Wildman–Crippen LogP) is 2.29. The van der Waals surface area contributed by atoms with Crippen LogP contribution >= 0.6 is 24.8 Å². The van der Waals surface area contributed by atoms with Crippen molar-refractivity contribution in [3.63, 3.8) is 0 Å². The molecule has 2 atom stereocenters. The third-order valence-corrected chi connectivity index (χ3v) is 4.04. The minimum absolute atomic E-state index is 0. The molecule has 1 aliphatic rings. The van der Waals surface area contributed by atoms with Gasteiger partial charge in [0.05, 0.1) is 19.3 Å². The Morgan fingerprint density at radius 2 is 2.04 bits per heavy atom. The maximum Gasteiger partial charge on any atom is 0.220 e. The molecule has 144 valence electrons. The maximum absolute atomic E-state index is 13.6. The van der Waals surface area contributed by atoms with Crippen molar-refractivity contribution >= 4 is 30.7 Å². The van der Waals surface area contributed by atoms with Gasteiger partial charge in [-0.25, -0.2) is 4.39 Å². The van der Waals surface area contributed by atoms with E-state index < -0.39 is 0 Å². The first kappa shape index (κ1) is 24.1. The minimum atomic E-state index is -0.260. The van der Waals surface area contributed by atoms with Gasteiger partial charge in [0.25, 0.3) is 0 Å². The van der Waals surface area contributed by atoms with Crippen molar-refractivity contribution in [2.75, 3.05) is 32.8 Å². The number of amides is 1. The molecule has 2 unspecified atom stereocenters. The number of hydrogen-bond acceptors (Lipinski definition) is 4. The summed E-state index contributed by atoms with van der Waals surface area (Å²) >= 11 is 0. The van der Waals surface area contributed by atoms with Crippen LogP contribution in [-0.4, -0.2) is 49.7 Å². The summed E-state index contributed by atoms with van der Waals surface area (Å²) in [6, 6.07) is 6.54. The van der Waals surface area contributed by atoms with Gasteiger partial charge in [-0.15, -0.1) is 24.8 Å². The highest BCUT2D eigenvalue weighted by molar-refractivity contribution is 5.85. The fourth-order valence-corrected chi connectivity index (χ4v) is 2.72. The van der Waals surface area contributed by atoms with Crippen molar-refractivity contribution in [2.24, 2.45) is 5.73 Å². The van der Waals surface area contributed by atoms with Crippen LogP contribution in [0.1, 0.15) is 31.4 Å². The number of benzene rings is 1. The van der Waals surface area contributed by atoms with E-state index in [0.29, 0.717) is 32.6 Å². The Hall–Kier alpha value is -0.920. The molecule has 0 radical (unpaired) electrons. The summed E-state index contributed by atoms with van der Waals surface area (Å²) in [5.74, 6) is -0.277. The molecular weight excluding hydrogens is 368 g/mol. The molecule has 25 heavy (non-hydrogen) atoms. The topological polar surface area (TPSA) is 67.6 Å². The molecule has 8 heteroatoms. The molecule has 1 aromatic rings. The van der Waals surface area contributed by atoms with Crippen LogP contribution in [-0.2, 0) is 9.53 Å². The monoisotopic (exact) mass is 395 g/mol. The lowest BCUT2D eigenvalue weighted by atomic mass is 10.0. The fourth-order valence-electron chi connectivity index (χ4n) is 2.72. The Morgan fingerprint density at radius 1 is 1.36 bits per heavy atom. The second kappa shape index (κ2) is 12.4. The third kappa shape index (κ3) is 8.33. The largest absolute Gasteiger partial charge is 0.379 e. The van der Waals surface area contributed by atoms with Gasteiger partial charge in [0.1, 0.15) is 5.82 Å². The maximum atomic E-state index is 13.6. The van der Waals surface area contributed by atoms with Crippen molar-refractivity contribution in [1.82, 2.24) is 10.2 Å². The molecule has 1 aliphatic heterocycles. The predicted molar refractivity (Wildman–Crippen MR) is 102 cm³/mol. The number of carbonyl (C=O) groups excluding carboxylic acids is 1. The number of ether oxygens (including phenoxy) is 1. The SMILES string of the molecule is CC(N)CCC(=O)NCC(c1cccc(F)c1)N1CCOCC1.Cl.Cl. The van der Waals surface area contributed by atoms with E-state index in [-0.39, 0.29) is 48.6 Å². The summed E-state index contributed by atoms with van der Waals surface area (Å²) in [5, 5.41) is 2.95. The highest BCUT2D eigenvalue weighted by Gasteiger charge is 2.23. The van der Waals surface area contributed by atoms with E-state index in [1.54, 1.807) is 6.07 Å². The van der Waals surface area contributed by atoms with Crippen molar-refractivity contribution in [1.29, 1.82) is 0 Å². The van der Waals surface area contributed by atoms with Crippen LogP contribution in [0.15, 0.2) is 24.3 Å². The highest BCUT2D eigenvalue weighted by Crippen LogP contribution is 2.22. The summed E-state index contributed by atoms with van der Waals surface area (Å²) in [5.41, 5.74) is 6.55. The Kier molecular flexibility index (Phi) is 12.0. The minimum Gasteiger partial charge on any atom is -0.379 e. The van der Waals surface area contributed by atoms with Crippen LogP contribution in [0.25, 0.3) is 0 Å². The zero-order valence-electron chi connectivity index (χ0n) is 14.4. The summed E-state index contributed by atoms with van der Waals surface area (Å²) in [6.07, 6.45) is 1.07. The van der Waals surface area contributed by atoms with E-state index in [9.17, 15) is 9.18 Å². The summed E-state index contributed by atoms with van der Waals surface area (Å²) in [6.45, 7) is 5.21. The Balaban J connectivity index is 0.00000288. The number of carbonyl (C=O) groups is 1. The molecule has 1 fully saturated rings. The van der Waals surface area contributed by atoms with E-state index >= 15 is 0 Å². The summed E-state index contributed by atoms with van der Waals surface area (Å²) in [7, 11) is 0. The van der Waals surface area contributed by atoms with Crippen LogP contribution in [0.4, 0.5) is 4.39 Å². The van der Waals surface area contributed by atoms with Gasteiger partial charge in [-0.2, -0.15) is 0 Å². The van der Waals surface area contributed by atoms with Gasteiger partial charge in [0, 0.05) is 32.1 Å². The van der Waals surface area contributed by atoms with E-state index in [2.05, 4.69) is 10.2 Å². The molecule has 0 aromatic heterocycles. The molecule has 2 rings (SSSR count). The molecule has 0 bridgehead atoms. The first-order chi connectivity index (χ1) is 11.1. The second-order valence-electron chi connectivity index (χ2n) is 6.04. The van der Waals surface area contributed by atoms with Gasteiger partial charge in [-0.05, 0) is 31.0 Å². The van der Waals surface area contributed by atoms with Crippen LogP contribution in [0.5, 0.6) is 0 Å². The van der Waals surface area contributed by atoms with Crippen LogP contribution in [0, 0.1) is 5.82 Å². The van der Waals surface area contributed by atoms with Gasteiger partial charge in [-0.3, -0.25) is 9.69 Å². The van der Waals surface area contributed by atoms with Crippen LogP contribution in [0.2, 0.25) is 0 Å². The molecular formula is C17H28Cl2FN3O2. The van der Waals surface area contributed by atoms with Gasteiger partial charge >= 0.3 is 0 Å².